The highest BCUT2D eigenvalue weighted by atomic mass is 32.2. The van der Waals surface area contributed by atoms with Crippen molar-refractivity contribution in [3.05, 3.63) is 22.7 Å². The summed E-state index contributed by atoms with van der Waals surface area (Å²) in [6.45, 7) is 1.71. The van der Waals surface area contributed by atoms with Gasteiger partial charge in [0, 0.05) is 12.6 Å². The minimum Gasteiger partial charge on any atom is -0.394 e. The zero-order valence-electron chi connectivity index (χ0n) is 23.9. The van der Waals surface area contributed by atoms with Gasteiger partial charge in [-0.3, -0.25) is 14.2 Å². The smallest absolute Gasteiger partial charge is 0.351 e. The molecule has 0 saturated carbocycles. The van der Waals surface area contributed by atoms with Gasteiger partial charge in [0.1, 0.15) is 30.2 Å². The molecule has 12 heteroatoms. The summed E-state index contributed by atoms with van der Waals surface area (Å²) in [5.74, 6) is 0.00691. The summed E-state index contributed by atoms with van der Waals surface area (Å²) in [7, 11) is 0. The Morgan fingerprint density at radius 2 is 1.68 bits per heavy atom. The number of thioether (sulfide) groups is 1. The number of nitrogens with zero attached hydrogens (tertiary/aromatic N) is 2. The highest BCUT2D eigenvalue weighted by molar-refractivity contribution is 7.98. The molecular weight excluding hydrogens is 536 g/mol. The largest absolute Gasteiger partial charge is 0.394 e. The molecule has 1 fully saturated rings. The third-order valence-corrected chi connectivity index (χ3v) is 7.79. The summed E-state index contributed by atoms with van der Waals surface area (Å²) in [5, 5.41) is 34.8. The number of aliphatic hydroxyl groups excluding tert-OH is 3. The third kappa shape index (κ3) is 11.5. The number of carbonyl (C=O) groups is 2. The number of aliphatic hydroxyl groups is 3. The van der Waals surface area contributed by atoms with Crippen LogP contribution >= 0.6 is 11.8 Å². The second-order valence-corrected chi connectivity index (χ2v) is 11.4. The fraction of sp³-hybridized carbons (Fsp3) is 0.786. The van der Waals surface area contributed by atoms with E-state index in [2.05, 4.69) is 22.5 Å². The van der Waals surface area contributed by atoms with Crippen molar-refractivity contribution >= 4 is 29.4 Å². The molecule has 2 amide bonds. The highest BCUT2D eigenvalue weighted by Crippen LogP contribution is 2.28. The van der Waals surface area contributed by atoms with Crippen LogP contribution in [0.3, 0.4) is 0 Å². The summed E-state index contributed by atoms with van der Waals surface area (Å²) >= 11 is 1.56. The molecule has 0 spiro atoms. The molecule has 5 atom stereocenters. The lowest BCUT2D eigenvalue weighted by Gasteiger charge is -2.19. The lowest BCUT2D eigenvalue weighted by Crippen LogP contribution is -2.44. The third-order valence-electron chi connectivity index (χ3n) is 7.14. The molecule has 5 N–H and O–H groups in total. The molecule has 1 aliphatic rings. The summed E-state index contributed by atoms with van der Waals surface area (Å²) in [6.07, 6.45) is 12.1. The number of nitrogens with one attached hydrogen (secondary N) is 2. The second kappa shape index (κ2) is 19.2. The van der Waals surface area contributed by atoms with E-state index < -0.39 is 48.8 Å². The summed E-state index contributed by atoms with van der Waals surface area (Å²) in [4.78, 5) is 41.9. The van der Waals surface area contributed by atoms with Crippen molar-refractivity contribution in [2.75, 3.05) is 23.9 Å². The number of ether oxygens (including phenoxy) is 1. The average Bonchev–Trinajstić information content (AvgIpc) is 3.22. The number of hydrogen-bond donors (Lipinski definition) is 5. The van der Waals surface area contributed by atoms with Gasteiger partial charge in [-0.05, 0) is 30.9 Å². The van der Waals surface area contributed by atoms with Crippen molar-refractivity contribution in [3.8, 4) is 0 Å². The predicted molar refractivity (Wildman–Crippen MR) is 156 cm³/mol. The zero-order chi connectivity index (χ0) is 29.3. The van der Waals surface area contributed by atoms with Crippen LogP contribution in [-0.2, 0) is 14.3 Å². The van der Waals surface area contributed by atoms with E-state index in [0.717, 1.165) is 23.8 Å². The lowest BCUT2D eigenvalue weighted by atomic mass is 10.1. The van der Waals surface area contributed by atoms with Crippen molar-refractivity contribution in [2.45, 2.75) is 121 Å². The van der Waals surface area contributed by atoms with Crippen molar-refractivity contribution in [3.63, 3.8) is 0 Å². The minimum absolute atomic E-state index is 0.00763. The Kier molecular flexibility index (Phi) is 16.4. The van der Waals surface area contributed by atoms with E-state index in [4.69, 9.17) is 4.74 Å². The Labute approximate surface area is 241 Å². The summed E-state index contributed by atoms with van der Waals surface area (Å²) in [6, 6.07) is 0.601. The van der Waals surface area contributed by atoms with Crippen molar-refractivity contribution in [2.24, 2.45) is 0 Å². The SMILES string of the molecule is CCCCCCCCCCCCCC(=O)N[C@@H](CCSC)C(=O)Nc1ccn([C@H]2O[C@@H](CO)[C@H](O)[C@H]2O)c(=O)n1. The second-order valence-electron chi connectivity index (χ2n) is 10.4. The van der Waals surface area contributed by atoms with E-state index in [1.54, 1.807) is 11.8 Å². The molecule has 1 aliphatic heterocycles. The molecule has 0 unspecified atom stereocenters. The summed E-state index contributed by atoms with van der Waals surface area (Å²) < 4.78 is 6.35. The normalized spacial score (nSPS) is 21.3. The van der Waals surface area contributed by atoms with Gasteiger partial charge >= 0.3 is 5.69 Å². The molecule has 1 aromatic rings. The first-order valence-electron chi connectivity index (χ1n) is 14.6. The minimum atomic E-state index is -1.43. The topological polar surface area (TPSA) is 163 Å². The number of carbonyl (C=O) groups excluding carboxylic acids is 2. The number of amides is 2. The summed E-state index contributed by atoms with van der Waals surface area (Å²) in [5.41, 5.74) is -0.811. The zero-order valence-corrected chi connectivity index (χ0v) is 24.7. The first-order valence-corrected chi connectivity index (χ1v) is 16.0. The van der Waals surface area contributed by atoms with Crippen molar-refractivity contribution < 1.29 is 29.6 Å². The first-order chi connectivity index (χ1) is 19.3. The average molecular weight is 585 g/mol. The van der Waals surface area contributed by atoms with Gasteiger partial charge in [0.25, 0.3) is 0 Å². The van der Waals surface area contributed by atoms with Gasteiger partial charge in [-0.25, -0.2) is 4.79 Å². The van der Waals surface area contributed by atoms with Crippen molar-refractivity contribution in [1.29, 1.82) is 0 Å². The van der Waals surface area contributed by atoms with E-state index in [0.29, 0.717) is 18.6 Å². The van der Waals surface area contributed by atoms with E-state index in [9.17, 15) is 29.7 Å². The number of aromatic nitrogens is 2. The van der Waals surface area contributed by atoms with Crippen LogP contribution in [0, 0.1) is 0 Å². The predicted octanol–water partition coefficient (Wildman–Crippen LogP) is 2.73. The molecule has 228 valence electrons. The Morgan fingerprint density at radius 1 is 1.05 bits per heavy atom. The number of anilines is 1. The van der Waals surface area contributed by atoms with Crippen LogP contribution in [0.1, 0.15) is 96.6 Å². The molecule has 0 bridgehead atoms. The van der Waals surface area contributed by atoms with E-state index in [1.807, 2.05) is 6.26 Å². The molecule has 2 rings (SSSR count). The van der Waals surface area contributed by atoms with E-state index >= 15 is 0 Å². The molecule has 0 aliphatic carbocycles. The van der Waals surface area contributed by atoms with Gasteiger partial charge in [-0.2, -0.15) is 16.7 Å². The van der Waals surface area contributed by atoms with Crippen LogP contribution < -0.4 is 16.3 Å². The van der Waals surface area contributed by atoms with Gasteiger partial charge < -0.3 is 30.7 Å². The van der Waals surface area contributed by atoms with Gasteiger partial charge in [-0.1, -0.05) is 71.1 Å². The van der Waals surface area contributed by atoms with Crippen LogP contribution in [0.4, 0.5) is 5.82 Å². The fourth-order valence-electron chi connectivity index (χ4n) is 4.72. The standard InChI is InChI=1S/C28H48N4O7S/c1-3-4-5-6-7-8-9-10-11-12-13-14-23(34)29-20(16-18-40-2)26(37)30-22-15-17-32(28(38)31-22)27-25(36)24(35)21(19-33)39-27/h15,17,20-21,24-25,27,33,35-36H,3-14,16,18-19H2,1-2H3,(H,29,34)(H,30,31,37,38)/t20-,21-,24-,25+,27-/m0/s1. The molecule has 40 heavy (non-hydrogen) atoms. The Balaban J connectivity index is 1.79. The van der Waals surface area contributed by atoms with Crippen LogP contribution in [0.2, 0.25) is 0 Å². The molecular formula is C28H48N4O7S. The Morgan fingerprint density at radius 3 is 2.23 bits per heavy atom. The fourth-order valence-corrected chi connectivity index (χ4v) is 5.19. The van der Waals surface area contributed by atoms with Crippen LogP contribution in [0.5, 0.6) is 0 Å². The van der Waals surface area contributed by atoms with Crippen molar-refractivity contribution in [1.82, 2.24) is 14.9 Å². The quantitative estimate of drug-likeness (QED) is 0.145. The maximum absolute atomic E-state index is 12.9. The van der Waals surface area contributed by atoms with Gasteiger partial charge in [0.15, 0.2) is 6.23 Å². The molecule has 1 aromatic heterocycles. The lowest BCUT2D eigenvalue weighted by molar-refractivity contribution is -0.126. The molecule has 0 radical (unpaired) electrons. The number of hydrogen-bond acceptors (Lipinski definition) is 9. The molecule has 11 nitrogen and oxygen atoms in total. The van der Waals surface area contributed by atoms with Gasteiger partial charge in [0.2, 0.25) is 11.8 Å². The van der Waals surface area contributed by atoms with E-state index in [-0.39, 0.29) is 11.7 Å². The highest BCUT2D eigenvalue weighted by Gasteiger charge is 2.43. The molecule has 0 aromatic carbocycles. The van der Waals surface area contributed by atoms with Crippen LogP contribution in [0.25, 0.3) is 0 Å². The number of rotatable bonds is 20. The monoisotopic (exact) mass is 584 g/mol. The Hall–Kier alpha value is -1.99. The van der Waals surface area contributed by atoms with Crippen LogP contribution in [-0.4, -0.2) is 79.7 Å². The van der Waals surface area contributed by atoms with Gasteiger partial charge in [0.05, 0.1) is 6.61 Å². The van der Waals surface area contributed by atoms with Crippen LogP contribution in [0.15, 0.2) is 17.1 Å². The number of unbranched alkanes of at least 4 members (excludes halogenated alkanes) is 10. The maximum atomic E-state index is 12.9. The van der Waals surface area contributed by atoms with Gasteiger partial charge in [-0.15, -0.1) is 0 Å². The maximum Gasteiger partial charge on any atom is 0.351 e. The van der Waals surface area contributed by atoms with E-state index in [1.165, 1.54) is 63.6 Å². The Bertz CT molecular complexity index is 947. The molecule has 2 heterocycles. The first kappa shape index (κ1) is 34.2. The molecule has 1 saturated heterocycles.